The lowest BCUT2D eigenvalue weighted by Gasteiger charge is -2.19. The van der Waals surface area contributed by atoms with Crippen LogP contribution < -0.4 is 10.2 Å². The van der Waals surface area contributed by atoms with Crippen molar-refractivity contribution in [1.82, 2.24) is 4.98 Å². The third-order valence-electron chi connectivity index (χ3n) is 4.46. The van der Waals surface area contributed by atoms with Gasteiger partial charge in [0.2, 0.25) is 0 Å². The molecule has 2 aromatic heterocycles. The largest absolute Gasteiger partial charge is 0.444 e. The molecule has 0 radical (unpaired) electrons. The summed E-state index contributed by atoms with van der Waals surface area (Å²) in [5.74, 6) is -0.492. The Morgan fingerprint density at radius 2 is 1.86 bits per heavy atom. The molecule has 0 aliphatic carbocycles. The minimum Gasteiger partial charge on any atom is -0.444 e. The molecule has 2 heterocycles. The van der Waals surface area contributed by atoms with Crippen molar-refractivity contribution in [3.05, 3.63) is 88.9 Å². The van der Waals surface area contributed by atoms with E-state index in [2.05, 4.69) is 26.2 Å². The number of pyridine rings is 1. The van der Waals surface area contributed by atoms with Gasteiger partial charge in [0.15, 0.2) is 10.4 Å². The van der Waals surface area contributed by atoms with E-state index in [0.717, 1.165) is 10.9 Å². The molecular formula is C22H16BrN3O3. The first-order valence-electron chi connectivity index (χ1n) is 8.81. The summed E-state index contributed by atoms with van der Waals surface area (Å²) in [5, 5.41) is 3.82. The first-order valence-corrected chi connectivity index (χ1v) is 9.61. The lowest BCUT2D eigenvalue weighted by molar-refractivity contribution is 0.0965. The number of carbonyl (C=O) groups is 2. The van der Waals surface area contributed by atoms with Gasteiger partial charge in [0.25, 0.3) is 11.8 Å². The fourth-order valence-corrected chi connectivity index (χ4v) is 3.32. The Hall–Kier alpha value is -3.45. The van der Waals surface area contributed by atoms with Crippen LogP contribution in [0.4, 0.5) is 11.4 Å². The van der Waals surface area contributed by atoms with Crippen LogP contribution in [0.1, 0.15) is 20.9 Å². The van der Waals surface area contributed by atoms with Crippen LogP contribution in [0.25, 0.3) is 10.9 Å². The summed E-state index contributed by atoms with van der Waals surface area (Å²) in [5.41, 5.74) is 2.35. The van der Waals surface area contributed by atoms with Crippen molar-refractivity contribution in [2.24, 2.45) is 0 Å². The molecule has 2 amide bonds. The second-order valence-electron chi connectivity index (χ2n) is 6.35. The number of rotatable bonds is 4. The number of aromatic nitrogens is 1. The molecule has 0 atom stereocenters. The Morgan fingerprint density at radius 1 is 1.03 bits per heavy atom. The molecule has 2 aromatic carbocycles. The number of hydrogen-bond acceptors (Lipinski definition) is 4. The number of carbonyl (C=O) groups excluding carboxylic acids is 2. The number of benzene rings is 2. The lowest BCUT2D eigenvalue weighted by Crippen LogP contribution is -2.28. The molecule has 144 valence electrons. The zero-order valence-corrected chi connectivity index (χ0v) is 17.0. The number of amides is 2. The van der Waals surface area contributed by atoms with E-state index in [1.54, 1.807) is 55.7 Å². The van der Waals surface area contributed by atoms with Crippen molar-refractivity contribution in [1.29, 1.82) is 0 Å². The van der Waals surface area contributed by atoms with Gasteiger partial charge >= 0.3 is 0 Å². The summed E-state index contributed by atoms with van der Waals surface area (Å²) in [6, 6.07) is 19.4. The minimum absolute atomic E-state index is 0.177. The van der Waals surface area contributed by atoms with Crippen molar-refractivity contribution in [3.63, 3.8) is 0 Å². The molecule has 7 heteroatoms. The molecule has 0 aliphatic heterocycles. The van der Waals surface area contributed by atoms with Crippen LogP contribution in [0, 0.1) is 0 Å². The van der Waals surface area contributed by atoms with E-state index in [9.17, 15) is 9.59 Å². The Balaban J connectivity index is 1.61. The van der Waals surface area contributed by atoms with Crippen molar-refractivity contribution in [2.75, 3.05) is 17.3 Å². The topological polar surface area (TPSA) is 75.4 Å². The van der Waals surface area contributed by atoms with Crippen molar-refractivity contribution in [3.8, 4) is 0 Å². The second-order valence-corrected chi connectivity index (χ2v) is 7.13. The smallest absolute Gasteiger partial charge is 0.293 e. The number of furan rings is 1. The van der Waals surface area contributed by atoms with E-state index in [0.29, 0.717) is 21.6 Å². The quantitative estimate of drug-likeness (QED) is 0.469. The predicted molar refractivity (Wildman–Crippen MR) is 115 cm³/mol. The molecule has 4 aromatic rings. The summed E-state index contributed by atoms with van der Waals surface area (Å²) in [7, 11) is 1.60. The minimum atomic E-state index is -0.354. The second kappa shape index (κ2) is 7.89. The fourth-order valence-electron chi connectivity index (χ4n) is 3.01. The Labute approximate surface area is 175 Å². The highest BCUT2D eigenvalue weighted by atomic mass is 79.9. The Kier molecular flexibility index (Phi) is 5.14. The SMILES string of the molecule is CN(C(=O)c1ccc(Br)o1)c1ccccc1C(=O)Nc1ccc2ncccc2c1. The van der Waals surface area contributed by atoms with Crippen molar-refractivity contribution in [2.45, 2.75) is 0 Å². The van der Waals surface area contributed by atoms with Gasteiger partial charge in [-0.05, 0) is 64.5 Å². The van der Waals surface area contributed by atoms with Gasteiger partial charge in [-0.25, -0.2) is 0 Å². The van der Waals surface area contributed by atoms with Crippen LogP contribution >= 0.6 is 15.9 Å². The van der Waals surface area contributed by atoms with Gasteiger partial charge in [-0.15, -0.1) is 0 Å². The predicted octanol–water partition coefficient (Wildman–Crippen LogP) is 5.12. The van der Waals surface area contributed by atoms with Crippen LogP contribution in [0.3, 0.4) is 0 Å². The van der Waals surface area contributed by atoms with Gasteiger partial charge in [-0.2, -0.15) is 0 Å². The molecule has 0 bridgehead atoms. The van der Waals surface area contributed by atoms with Gasteiger partial charge < -0.3 is 14.6 Å². The molecule has 0 spiro atoms. The van der Waals surface area contributed by atoms with E-state index < -0.39 is 0 Å². The summed E-state index contributed by atoms with van der Waals surface area (Å²) in [4.78, 5) is 31.3. The average Bonchev–Trinajstić information content (AvgIpc) is 3.19. The molecule has 0 saturated carbocycles. The highest BCUT2D eigenvalue weighted by Gasteiger charge is 2.22. The molecule has 0 unspecified atom stereocenters. The average molecular weight is 450 g/mol. The highest BCUT2D eigenvalue weighted by molar-refractivity contribution is 9.10. The number of nitrogens with zero attached hydrogens (tertiary/aromatic N) is 2. The maximum absolute atomic E-state index is 12.9. The van der Waals surface area contributed by atoms with Gasteiger partial charge in [-0.3, -0.25) is 14.6 Å². The first-order chi connectivity index (χ1) is 14.0. The number of fused-ring (bicyclic) bond motifs is 1. The molecule has 0 fully saturated rings. The van der Waals surface area contributed by atoms with Crippen LogP contribution in [-0.2, 0) is 0 Å². The van der Waals surface area contributed by atoms with Gasteiger partial charge in [0, 0.05) is 24.3 Å². The van der Waals surface area contributed by atoms with Crippen LogP contribution in [0.2, 0.25) is 0 Å². The van der Waals surface area contributed by atoms with E-state index in [1.165, 1.54) is 4.90 Å². The summed E-state index contributed by atoms with van der Waals surface area (Å²) >= 11 is 3.19. The summed E-state index contributed by atoms with van der Waals surface area (Å²) in [6.07, 6.45) is 1.72. The number of halogens is 1. The molecule has 29 heavy (non-hydrogen) atoms. The molecule has 6 nitrogen and oxygen atoms in total. The molecule has 0 saturated heterocycles. The molecule has 1 N–H and O–H groups in total. The number of nitrogens with one attached hydrogen (secondary N) is 1. The maximum atomic E-state index is 12.9. The van der Waals surface area contributed by atoms with Gasteiger partial charge in [0.05, 0.1) is 16.8 Å². The Bertz CT molecular complexity index is 1220. The van der Waals surface area contributed by atoms with E-state index in [-0.39, 0.29) is 17.6 Å². The lowest BCUT2D eigenvalue weighted by atomic mass is 10.1. The maximum Gasteiger partial charge on any atom is 0.293 e. The van der Waals surface area contributed by atoms with Crippen molar-refractivity contribution >= 4 is 50.0 Å². The number of anilines is 2. The van der Waals surface area contributed by atoms with Gasteiger partial charge in [-0.1, -0.05) is 18.2 Å². The normalized spacial score (nSPS) is 10.7. The summed E-state index contributed by atoms with van der Waals surface area (Å²) in [6.45, 7) is 0. The molecule has 4 rings (SSSR count). The highest BCUT2D eigenvalue weighted by Crippen LogP contribution is 2.25. The zero-order valence-electron chi connectivity index (χ0n) is 15.4. The standard InChI is InChI=1S/C22H16BrN3O3/c1-26(22(28)19-10-11-20(23)29-19)18-7-3-2-6-16(18)21(27)25-15-8-9-17-14(13-15)5-4-12-24-17/h2-13H,1H3,(H,25,27). The number of hydrogen-bond donors (Lipinski definition) is 1. The van der Waals surface area contributed by atoms with E-state index in [4.69, 9.17) is 4.42 Å². The monoisotopic (exact) mass is 449 g/mol. The van der Waals surface area contributed by atoms with Crippen LogP contribution in [0.5, 0.6) is 0 Å². The molecular weight excluding hydrogens is 434 g/mol. The molecule has 0 aliphatic rings. The summed E-state index contributed by atoms with van der Waals surface area (Å²) < 4.78 is 5.81. The van der Waals surface area contributed by atoms with E-state index in [1.807, 2.05) is 24.3 Å². The zero-order chi connectivity index (χ0) is 20.4. The third-order valence-corrected chi connectivity index (χ3v) is 4.89. The fraction of sp³-hybridized carbons (Fsp3) is 0.0455. The first kappa shape index (κ1) is 18.9. The Morgan fingerprint density at radius 3 is 2.66 bits per heavy atom. The van der Waals surface area contributed by atoms with E-state index >= 15 is 0 Å². The third kappa shape index (κ3) is 3.90. The van der Waals surface area contributed by atoms with Gasteiger partial charge in [0.1, 0.15) is 0 Å². The van der Waals surface area contributed by atoms with Crippen LogP contribution in [-0.4, -0.2) is 23.8 Å². The van der Waals surface area contributed by atoms with Crippen molar-refractivity contribution < 1.29 is 14.0 Å². The number of para-hydroxylation sites is 1. The van der Waals surface area contributed by atoms with Crippen LogP contribution in [0.15, 0.2) is 82.0 Å².